The first-order valence-corrected chi connectivity index (χ1v) is 5.55. The smallest absolute Gasteiger partial charge is 0.162 e. The van der Waals surface area contributed by atoms with Gasteiger partial charge < -0.3 is 19.6 Å². The van der Waals surface area contributed by atoms with Gasteiger partial charge >= 0.3 is 0 Å². The molecule has 0 unspecified atom stereocenters. The number of ether oxygens (including phenoxy) is 2. The van der Waals surface area contributed by atoms with E-state index in [9.17, 15) is 0 Å². The average Bonchev–Trinajstić information content (AvgIpc) is 2.87. The molecule has 1 aliphatic rings. The Balaban J connectivity index is 1.97. The molecular weight excluding hydrogens is 218 g/mol. The zero-order valence-corrected chi connectivity index (χ0v) is 9.31. The van der Waals surface area contributed by atoms with Gasteiger partial charge in [-0.05, 0) is 30.3 Å². The first-order chi connectivity index (χ1) is 8.36. The topological polar surface area (TPSA) is 57.6 Å². The van der Waals surface area contributed by atoms with Crippen LogP contribution >= 0.6 is 0 Å². The zero-order valence-electron chi connectivity index (χ0n) is 9.31. The van der Waals surface area contributed by atoms with Crippen LogP contribution in [0.5, 0.6) is 11.5 Å². The lowest BCUT2D eigenvalue weighted by Gasteiger charge is -2.18. The molecule has 0 amide bonds. The first kappa shape index (κ1) is 10.2. The fourth-order valence-electron chi connectivity index (χ4n) is 1.84. The van der Waals surface area contributed by atoms with Crippen molar-refractivity contribution in [3.8, 4) is 22.8 Å². The van der Waals surface area contributed by atoms with Gasteiger partial charge in [-0.2, -0.15) is 0 Å². The minimum absolute atomic E-state index is 0.407. The Hall–Kier alpha value is -1.94. The van der Waals surface area contributed by atoms with Crippen LogP contribution in [0.1, 0.15) is 5.76 Å². The van der Waals surface area contributed by atoms with Gasteiger partial charge in [0.1, 0.15) is 24.7 Å². The summed E-state index contributed by atoms with van der Waals surface area (Å²) in [4.78, 5) is 0. The van der Waals surface area contributed by atoms with Crippen molar-refractivity contribution in [2.24, 2.45) is 5.73 Å². The number of hydrogen-bond donors (Lipinski definition) is 1. The number of nitrogens with two attached hydrogens (primary N) is 1. The van der Waals surface area contributed by atoms with Crippen molar-refractivity contribution in [3.05, 3.63) is 36.1 Å². The molecule has 2 aromatic rings. The number of hydrogen-bond acceptors (Lipinski definition) is 4. The van der Waals surface area contributed by atoms with Crippen LogP contribution in [0.25, 0.3) is 11.3 Å². The minimum Gasteiger partial charge on any atom is -0.486 e. The van der Waals surface area contributed by atoms with Crippen molar-refractivity contribution in [2.75, 3.05) is 13.2 Å². The molecule has 1 aliphatic heterocycles. The maximum Gasteiger partial charge on any atom is 0.162 e. The molecule has 3 rings (SSSR count). The van der Waals surface area contributed by atoms with Gasteiger partial charge in [-0.25, -0.2) is 0 Å². The lowest BCUT2D eigenvalue weighted by molar-refractivity contribution is 0.171. The van der Waals surface area contributed by atoms with Crippen molar-refractivity contribution >= 4 is 0 Å². The molecule has 0 bridgehead atoms. The van der Waals surface area contributed by atoms with Gasteiger partial charge in [0.15, 0.2) is 11.5 Å². The third-order valence-corrected chi connectivity index (χ3v) is 2.69. The monoisotopic (exact) mass is 231 g/mol. The van der Waals surface area contributed by atoms with E-state index < -0.39 is 0 Å². The average molecular weight is 231 g/mol. The SMILES string of the molecule is NCc1ccc(-c2ccc3c(c2)OCCO3)o1. The van der Waals surface area contributed by atoms with Crippen LogP contribution in [-0.4, -0.2) is 13.2 Å². The van der Waals surface area contributed by atoms with Crippen molar-refractivity contribution in [3.63, 3.8) is 0 Å². The van der Waals surface area contributed by atoms with Crippen LogP contribution < -0.4 is 15.2 Å². The van der Waals surface area contributed by atoms with Gasteiger partial charge in [0.05, 0.1) is 6.54 Å². The van der Waals surface area contributed by atoms with Crippen molar-refractivity contribution in [2.45, 2.75) is 6.54 Å². The van der Waals surface area contributed by atoms with E-state index in [0.717, 1.165) is 28.6 Å². The molecule has 0 fully saturated rings. The van der Waals surface area contributed by atoms with Crippen LogP contribution in [0.4, 0.5) is 0 Å². The zero-order chi connectivity index (χ0) is 11.7. The van der Waals surface area contributed by atoms with E-state index in [4.69, 9.17) is 19.6 Å². The molecule has 0 saturated carbocycles. The standard InChI is InChI=1S/C13H13NO3/c14-8-10-2-4-11(17-10)9-1-3-12-13(7-9)16-6-5-15-12/h1-4,7H,5-6,8,14H2. The molecule has 4 heteroatoms. The van der Waals surface area contributed by atoms with E-state index in [1.165, 1.54) is 0 Å². The largest absolute Gasteiger partial charge is 0.486 e. The van der Waals surface area contributed by atoms with Gasteiger partial charge in [0, 0.05) is 5.56 Å². The highest BCUT2D eigenvalue weighted by Gasteiger charge is 2.13. The summed E-state index contributed by atoms with van der Waals surface area (Å²) in [5, 5.41) is 0. The van der Waals surface area contributed by atoms with Crippen LogP contribution in [0.2, 0.25) is 0 Å². The molecule has 2 N–H and O–H groups in total. The number of furan rings is 1. The van der Waals surface area contributed by atoms with Gasteiger partial charge in [0.2, 0.25) is 0 Å². The summed E-state index contributed by atoms with van der Waals surface area (Å²) in [7, 11) is 0. The quantitative estimate of drug-likeness (QED) is 0.860. The maximum atomic E-state index is 5.59. The number of fused-ring (bicyclic) bond motifs is 1. The van der Waals surface area contributed by atoms with E-state index in [-0.39, 0.29) is 0 Å². The van der Waals surface area contributed by atoms with Crippen LogP contribution in [0, 0.1) is 0 Å². The molecule has 17 heavy (non-hydrogen) atoms. The summed E-state index contributed by atoms with van der Waals surface area (Å²) in [6.45, 7) is 1.59. The predicted octanol–water partition coefficient (Wildman–Crippen LogP) is 2.18. The Morgan fingerprint density at radius 1 is 1.00 bits per heavy atom. The Labute approximate surface area is 98.9 Å². The minimum atomic E-state index is 0.407. The Morgan fingerprint density at radius 2 is 1.82 bits per heavy atom. The van der Waals surface area contributed by atoms with Gasteiger partial charge in [-0.1, -0.05) is 0 Å². The van der Waals surface area contributed by atoms with Crippen molar-refractivity contribution < 1.29 is 13.9 Å². The van der Waals surface area contributed by atoms with E-state index in [0.29, 0.717) is 19.8 Å². The summed E-state index contributed by atoms with van der Waals surface area (Å²) < 4.78 is 16.6. The third-order valence-electron chi connectivity index (χ3n) is 2.69. The highest BCUT2D eigenvalue weighted by molar-refractivity contribution is 5.63. The number of rotatable bonds is 2. The molecule has 2 heterocycles. The summed E-state index contributed by atoms with van der Waals surface area (Å²) in [6, 6.07) is 9.56. The number of benzene rings is 1. The molecule has 88 valence electrons. The highest BCUT2D eigenvalue weighted by Crippen LogP contribution is 2.34. The van der Waals surface area contributed by atoms with E-state index in [1.54, 1.807) is 0 Å². The van der Waals surface area contributed by atoms with Gasteiger partial charge in [-0.3, -0.25) is 0 Å². The lowest BCUT2D eigenvalue weighted by atomic mass is 10.1. The second-order valence-corrected chi connectivity index (χ2v) is 3.83. The first-order valence-electron chi connectivity index (χ1n) is 5.55. The highest BCUT2D eigenvalue weighted by atomic mass is 16.6. The molecule has 0 atom stereocenters. The van der Waals surface area contributed by atoms with Crippen LogP contribution in [0.3, 0.4) is 0 Å². The van der Waals surface area contributed by atoms with Gasteiger partial charge in [0.25, 0.3) is 0 Å². The van der Waals surface area contributed by atoms with Gasteiger partial charge in [-0.15, -0.1) is 0 Å². The Bertz CT molecular complexity index is 533. The van der Waals surface area contributed by atoms with Crippen LogP contribution in [-0.2, 0) is 6.54 Å². The predicted molar refractivity (Wildman–Crippen MR) is 63.0 cm³/mol. The van der Waals surface area contributed by atoms with E-state index >= 15 is 0 Å². The second kappa shape index (κ2) is 4.14. The fourth-order valence-corrected chi connectivity index (χ4v) is 1.84. The summed E-state index contributed by atoms with van der Waals surface area (Å²) in [6.07, 6.45) is 0. The van der Waals surface area contributed by atoms with E-state index in [1.807, 2.05) is 30.3 Å². The molecule has 0 radical (unpaired) electrons. The molecular formula is C13H13NO3. The second-order valence-electron chi connectivity index (χ2n) is 3.83. The summed E-state index contributed by atoms with van der Waals surface area (Å²) in [5.74, 6) is 3.11. The molecule has 1 aromatic carbocycles. The third kappa shape index (κ3) is 1.87. The molecule has 0 saturated heterocycles. The lowest BCUT2D eigenvalue weighted by Crippen LogP contribution is -2.15. The Morgan fingerprint density at radius 3 is 2.59 bits per heavy atom. The maximum absolute atomic E-state index is 5.59. The Kier molecular flexibility index (Phi) is 2.49. The van der Waals surface area contributed by atoms with Crippen molar-refractivity contribution in [1.29, 1.82) is 0 Å². The normalized spacial score (nSPS) is 13.7. The molecule has 0 spiro atoms. The molecule has 4 nitrogen and oxygen atoms in total. The van der Waals surface area contributed by atoms with E-state index in [2.05, 4.69) is 0 Å². The molecule has 0 aliphatic carbocycles. The summed E-state index contributed by atoms with van der Waals surface area (Å²) >= 11 is 0. The summed E-state index contributed by atoms with van der Waals surface area (Å²) in [5.41, 5.74) is 6.48. The van der Waals surface area contributed by atoms with Crippen LogP contribution in [0.15, 0.2) is 34.7 Å². The molecule has 1 aromatic heterocycles. The fraction of sp³-hybridized carbons (Fsp3) is 0.231. The van der Waals surface area contributed by atoms with Crippen molar-refractivity contribution in [1.82, 2.24) is 0 Å².